The largest absolute Gasteiger partial charge is 0.379 e. The molecule has 188 valence electrons. The molecule has 1 aromatic carbocycles. The molecule has 3 aromatic rings. The van der Waals surface area contributed by atoms with Gasteiger partial charge < -0.3 is 14.6 Å². The van der Waals surface area contributed by atoms with E-state index in [1.54, 1.807) is 11.2 Å². The molecule has 0 bridgehead atoms. The second-order valence-electron chi connectivity index (χ2n) is 10.5. The maximum absolute atomic E-state index is 13.6. The van der Waals surface area contributed by atoms with Gasteiger partial charge in [-0.1, -0.05) is 36.6 Å². The number of hydrogen-bond donors (Lipinski definition) is 1. The van der Waals surface area contributed by atoms with Gasteiger partial charge in [0.2, 0.25) is 0 Å². The Hall–Kier alpha value is -2.81. The fourth-order valence-corrected chi connectivity index (χ4v) is 5.95. The van der Waals surface area contributed by atoms with E-state index in [2.05, 4.69) is 39.6 Å². The monoisotopic (exact) mass is 506 g/mol. The third kappa shape index (κ3) is 4.21. The van der Waals surface area contributed by atoms with Crippen molar-refractivity contribution >= 4 is 23.3 Å². The van der Waals surface area contributed by atoms with Crippen molar-refractivity contribution in [3.05, 3.63) is 69.9 Å². The minimum atomic E-state index is -0.202. The van der Waals surface area contributed by atoms with E-state index in [0.29, 0.717) is 43.2 Å². The number of anilines is 1. The van der Waals surface area contributed by atoms with Crippen molar-refractivity contribution in [1.29, 1.82) is 0 Å². The number of halogens is 1. The van der Waals surface area contributed by atoms with Gasteiger partial charge in [0.25, 0.3) is 5.91 Å². The van der Waals surface area contributed by atoms with Gasteiger partial charge in [0, 0.05) is 36.5 Å². The van der Waals surface area contributed by atoms with Crippen LogP contribution in [0.1, 0.15) is 71.5 Å². The Morgan fingerprint density at radius 3 is 2.72 bits per heavy atom. The van der Waals surface area contributed by atoms with E-state index in [1.807, 2.05) is 29.8 Å². The van der Waals surface area contributed by atoms with Crippen molar-refractivity contribution in [3.63, 3.8) is 0 Å². The second kappa shape index (κ2) is 9.25. The Morgan fingerprint density at radius 2 is 2.03 bits per heavy atom. The van der Waals surface area contributed by atoms with Crippen LogP contribution in [0.2, 0.25) is 5.15 Å². The van der Waals surface area contributed by atoms with Gasteiger partial charge in [-0.25, -0.2) is 4.98 Å². The maximum atomic E-state index is 13.6. The van der Waals surface area contributed by atoms with Gasteiger partial charge in [-0.3, -0.25) is 9.69 Å². The summed E-state index contributed by atoms with van der Waals surface area (Å²) in [6.07, 6.45) is 7.40. The van der Waals surface area contributed by atoms with Gasteiger partial charge in [-0.15, -0.1) is 10.2 Å². The quantitative estimate of drug-likeness (QED) is 0.485. The highest BCUT2D eigenvalue weighted by molar-refractivity contribution is 6.29. The minimum Gasteiger partial charge on any atom is -0.379 e. The number of fused-ring (bicyclic) bond motifs is 1. The Bertz CT molecular complexity index is 1300. The first-order valence-corrected chi connectivity index (χ1v) is 13.1. The fraction of sp³-hybridized carbons (Fsp3) is 0.481. The molecule has 1 amide bonds. The third-order valence-electron chi connectivity index (χ3n) is 8.00. The predicted octanol–water partition coefficient (Wildman–Crippen LogP) is 4.13. The summed E-state index contributed by atoms with van der Waals surface area (Å²) in [5.74, 6) is 1.46. The van der Waals surface area contributed by atoms with E-state index in [-0.39, 0.29) is 17.4 Å². The summed E-state index contributed by atoms with van der Waals surface area (Å²) in [6.45, 7) is 3.83. The molecule has 1 aliphatic carbocycles. The van der Waals surface area contributed by atoms with Crippen molar-refractivity contribution in [2.45, 2.75) is 63.1 Å². The molecule has 0 unspecified atom stereocenters. The molecule has 1 atom stereocenters. The first kappa shape index (κ1) is 23.6. The smallest absolute Gasteiger partial charge is 0.260 e. The SMILES string of the molecule is C[C@@H](NC1CCCC1)c1cc(Cl)nc(N2Cc3ccc(C4(Cc5nncn5C)COC4)cc3C2=O)c1. The van der Waals surface area contributed by atoms with E-state index in [0.717, 1.165) is 28.1 Å². The molecule has 4 heterocycles. The number of hydrogen-bond acceptors (Lipinski definition) is 6. The molecule has 6 rings (SSSR count). The summed E-state index contributed by atoms with van der Waals surface area (Å²) in [5.41, 5.74) is 3.66. The molecular weight excluding hydrogens is 476 g/mol. The van der Waals surface area contributed by atoms with Gasteiger partial charge in [0.15, 0.2) is 0 Å². The molecule has 2 aliphatic heterocycles. The van der Waals surface area contributed by atoms with Crippen LogP contribution in [0.5, 0.6) is 0 Å². The zero-order valence-corrected chi connectivity index (χ0v) is 21.5. The fourth-order valence-electron chi connectivity index (χ4n) is 5.74. The lowest BCUT2D eigenvalue weighted by atomic mass is 9.75. The second-order valence-corrected chi connectivity index (χ2v) is 10.9. The lowest BCUT2D eigenvalue weighted by Crippen LogP contribution is -2.49. The first-order chi connectivity index (χ1) is 17.4. The molecular formula is C27H31ClN6O2. The van der Waals surface area contributed by atoms with E-state index < -0.39 is 0 Å². The van der Waals surface area contributed by atoms with E-state index in [1.165, 1.54) is 25.7 Å². The number of rotatable bonds is 7. The topological polar surface area (TPSA) is 85.2 Å². The van der Waals surface area contributed by atoms with Gasteiger partial charge in [0.05, 0.1) is 19.8 Å². The average molecular weight is 507 g/mol. The number of amides is 1. The number of pyridine rings is 1. The molecule has 36 heavy (non-hydrogen) atoms. The number of aromatic nitrogens is 4. The van der Waals surface area contributed by atoms with Crippen LogP contribution in [0, 0.1) is 0 Å². The van der Waals surface area contributed by atoms with Crippen LogP contribution in [-0.2, 0) is 30.2 Å². The highest BCUT2D eigenvalue weighted by Crippen LogP contribution is 2.38. The summed E-state index contributed by atoms with van der Waals surface area (Å²) in [7, 11) is 1.95. The molecule has 2 fully saturated rings. The van der Waals surface area contributed by atoms with Crippen LogP contribution in [0.3, 0.4) is 0 Å². The van der Waals surface area contributed by atoms with Crippen molar-refractivity contribution in [2.75, 3.05) is 18.1 Å². The van der Waals surface area contributed by atoms with Crippen molar-refractivity contribution in [2.24, 2.45) is 7.05 Å². The summed E-state index contributed by atoms with van der Waals surface area (Å²) in [5, 5.41) is 12.4. The summed E-state index contributed by atoms with van der Waals surface area (Å²) in [4.78, 5) is 19.9. The molecule has 1 saturated heterocycles. The lowest BCUT2D eigenvalue weighted by molar-refractivity contribution is -0.0611. The molecule has 8 nitrogen and oxygen atoms in total. The van der Waals surface area contributed by atoms with Crippen LogP contribution < -0.4 is 10.2 Å². The number of nitrogens with one attached hydrogen (secondary N) is 1. The first-order valence-electron chi connectivity index (χ1n) is 12.7. The molecule has 0 spiro atoms. The maximum Gasteiger partial charge on any atom is 0.260 e. The number of aryl methyl sites for hydroxylation is 1. The normalized spacial score (nSPS) is 20.0. The Morgan fingerprint density at radius 1 is 1.22 bits per heavy atom. The predicted molar refractivity (Wildman–Crippen MR) is 137 cm³/mol. The summed E-state index contributed by atoms with van der Waals surface area (Å²) >= 11 is 6.44. The molecule has 1 N–H and O–H groups in total. The standard InChI is InChI=1S/C27H31ClN6O2/c1-17(30-21-5-3-4-6-21)19-9-23(28)31-24(10-19)34-13-18-7-8-20(11-22(18)26(34)35)27(14-36-15-27)12-25-32-29-16-33(25)2/h7-11,16-17,21,30H,3-6,12-15H2,1-2H3/t17-/m1/s1. The third-order valence-corrected chi connectivity index (χ3v) is 8.20. The molecule has 0 radical (unpaired) electrons. The Kier molecular flexibility index (Phi) is 6.06. The number of carbonyl (C=O) groups is 1. The lowest BCUT2D eigenvalue weighted by Gasteiger charge is -2.41. The van der Waals surface area contributed by atoms with Gasteiger partial charge in [-0.05, 0) is 54.7 Å². The van der Waals surface area contributed by atoms with Crippen LogP contribution >= 0.6 is 11.6 Å². The molecule has 9 heteroatoms. The van der Waals surface area contributed by atoms with Crippen molar-refractivity contribution < 1.29 is 9.53 Å². The number of nitrogens with zero attached hydrogens (tertiary/aromatic N) is 5. The van der Waals surface area contributed by atoms with Gasteiger partial charge in [-0.2, -0.15) is 0 Å². The highest BCUT2D eigenvalue weighted by Gasteiger charge is 2.43. The number of carbonyl (C=O) groups excluding carboxylic acids is 1. The van der Waals surface area contributed by atoms with Crippen LogP contribution in [0.25, 0.3) is 0 Å². The Labute approximate surface area is 216 Å². The van der Waals surface area contributed by atoms with E-state index in [9.17, 15) is 4.79 Å². The number of benzene rings is 1. The average Bonchev–Trinajstić information content (AvgIpc) is 3.57. The molecule has 1 saturated carbocycles. The van der Waals surface area contributed by atoms with E-state index in [4.69, 9.17) is 16.3 Å². The van der Waals surface area contributed by atoms with Crippen LogP contribution in [0.15, 0.2) is 36.7 Å². The van der Waals surface area contributed by atoms with Crippen molar-refractivity contribution in [1.82, 2.24) is 25.1 Å². The van der Waals surface area contributed by atoms with E-state index >= 15 is 0 Å². The highest BCUT2D eigenvalue weighted by atomic mass is 35.5. The Balaban J connectivity index is 1.25. The minimum absolute atomic E-state index is 0.0435. The van der Waals surface area contributed by atoms with Gasteiger partial charge in [0.1, 0.15) is 23.1 Å². The van der Waals surface area contributed by atoms with Crippen LogP contribution in [0.4, 0.5) is 5.82 Å². The van der Waals surface area contributed by atoms with Crippen molar-refractivity contribution in [3.8, 4) is 0 Å². The summed E-state index contributed by atoms with van der Waals surface area (Å²) in [6, 6.07) is 10.8. The zero-order chi connectivity index (χ0) is 24.9. The van der Waals surface area contributed by atoms with Gasteiger partial charge >= 0.3 is 0 Å². The summed E-state index contributed by atoms with van der Waals surface area (Å²) < 4.78 is 7.57. The molecule has 2 aromatic heterocycles. The number of ether oxygens (including phenoxy) is 1. The zero-order valence-electron chi connectivity index (χ0n) is 20.7. The van der Waals surface area contributed by atoms with Crippen LogP contribution in [-0.4, -0.2) is 44.9 Å². The molecule has 3 aliphatic rings.